The highest BCUT2D eigenvalue weighted by molar-refractivity contribution is 6.37. The average Bonchev–Trinajstić information content (AvgIpc) is 2.37. The Bertz CT molecular complexity index is 339. The number of unbranched alkanes of at least 4 members (excludes halogenated alkanes) is 1. The van der Waals surface area contributed by atoms with E-state index >= 15 is 0 Å². The first-order chi connectivity index (χ1) is 9.22. The van der Waals surface area contributed by atoms with Crippen molar-refractivity contribution in [2.45, 2.75) is 66.7 Å². The number of rotatable bonds is 9. The van der Waals surface area contributed by atoms with Gasteiger partial charge in [-0.25, -0.2) is 4.79 Å². The lowest BCUT2D eigenvalue weighted by atomic mass is 9.88. The van der Waals surface area contributed by atoms with E-state index in [0.29, 0.717) is 5.92 Å². The summed E-state index contributed by atoms with van der Waals surface area (Å²) < 4.78 is 5.03. The Morgan fingerprint density at radius 3 is 2.15 bits per heavy atom. The molecule has 0 aliphatic heterocycles. The summed E-state index contributed by atoms with van der Waals surface area (Å²) in [5.74, 6) is -1.56. The molecular formula is C16H28O4. The first-order valence-corrected chi connectivity index (χ1v) is 7.45. The molecule has 1 unspecified atom stereocenters. The first kappa shape index (κ1) is 18.8. The molecule has 0 aliphatic carbocycles. The van der Waals surface area contributed by atoms with Crippen LogP contribution < -0.4 is 0 Å². The van der Waals surface area contributed by atoms with Crippen molar-refractivity contribution < 1.29 is 19.1 Å². The molecular weight excluding hydrogens is 256 g/mol. The van der Waals surface area contributed by atoms with Gasteiger partial charge in [-0.05, 0) is 12.3 Å². The first-order valence-electron chi connectivity index (χ1n) is 7.45. The lowest BCUT2D eigenvalue weighted by Gasteiger charge is -2.16. The van der Waals surface area contributed by atoms with Crippen molar-refractivity contribution in [2.75, 3.05) is 6.61 Å². The summed E-state index contributed by atoms with van der Waals surface area (Å²) in [4.78, 5) is 34.9. The number of carbonyl (C=O) groups is 3. The normalized spacial score (nSPS) is 12.8. The van der Waals surface area contributed by atoms with Gasteiger partial charge in [0, 0.05) is 5.41 Å². The van der Waals surface area contributed by atoms with Gasteiger partial charge in [0.25, 0.3) is 0 Å². The highest BCUT2D eigenvalue weighted by atomic mass is 16.5. The van der Waals surface area contributed by atoms with E-state index in [1.807, 2.05) is 6.92 Å². The summed E-state index contributed by atoms with van der Waals surface area (Å²) in [5.41, 5.74) is -0.608. The highest BCUT2D eigenvalue weighted by Crippen LogP contribution is 2.17. The quantitative estimate of drug-likeness (QED) is 0.370. The standard InChI is InChI=1S/C16H28O4/c1-6-8-9-12(7-2)11-20-15(19)13(17)10-14(18)16(3,4)5/h12H,6-11H2,1-5H3. The third-order valence-corrected chi connectivity index (χ3v) is 3.38. The van der Waals surface area contributed by atoms with Crippen LogP contribution in [0.4, 0.5) is 0 Å². The number of hydrogen-bond acceptors (Lipinski definition) is 4. The van der Waals surface area contributed by atoms with Crippen LogP contribution in [-0.2, 0) is 19.1 Å². The van der Waals surface area contributed by atoms with Gasteiger partial charge < -0.3 is 4.74 Å². The van der Waals surface area contributed by atoms with Crippen molar-refractivity contribution in [1.29, 1.82) is 0 Å². The Kier molecular flexibility index (Phi) is 8.35. The number of hydrogen-bond donors (Lipinski definition) is 0. The van der Waals surface area contributed by atoms with E-state index in [1.165, 1.54) is 0 Å². The molecule has 0 spiro atoms. The van der Waals surface area contributed by atoms with Crippen LogP contribution in [0.15, 0.2) is 0 Å². The van der Waals surface area contributed by atoms with Crippen LogP contribution in [0, 0.1) is 11.3 Å². The van der Waals surface area contributed by atoms with Crippen molar-refractivity contribution in [3.8, 4) is 0 Å². The summed E-state index contributed by atoms with van der Waals surface area (Å²) in [5, 5.41) is 0. The molecule has 0 aromatic rings. The molecule has 116 valence electrons. The Hall–Kier alpha value is -1.19. The zero-order chi connectivity index (χ0) is 15.8. The van der Waals surface area contributed by atoms with Crippen molar-refractivity contribution in [2.24, 2.45) is 11.3 Å². The molecule has 0 bridgehead atoms. The van der Waals surface area contributed by atoms with Gasteiger partial charge >= 0.3 is 5.97 Å². The largest absolute Gasteiger partial charge is 0.460 e. The summed E-state index contributed by atoms with van der Waals surface area (Å²) in [6, 6.07) is 0. The lowest BCUT2D eigenvalue weighted by Crippen LogP contribution is -2.28. The van der Waals surface area contributed by atoms with Gasteiger partial charge in [-0.1, -0.05) is 53.9 Å². The molecule has 4 nitrogen and oxygen atoms in total. The molecule has 0 amide bonds. The zero-order valence-electron chi connectivity index (χ0n) is 13.5. The molecule has 0 aromatic heterocycles. The van der Waals surface area contributed by atoms with Crippen LogP contribution in [0.3, 0.4) is 0 Å². The van der Waals surface area contributed by atoms with Gasteiger partial charge in [-0.15, -0.1) is 0 Å². The molecule has 4 heteroatoms. The van der Waals surface area contributed by atoms with Crippen molar-refractivity contribution in [3.63, 3.8) is 0 Å². The third kappa shape index (κ3) is 7.41. The number of ether oxygens (including phenoxy) is 1. The minimum atomic E-state index is -0.877. The van der Waals surface area contributed by atoms with Crippen LogP contribution in [-0.4, -0.2) is 24.1 Å². The molecule has 0 radical (unpaired) electrons. The van der Waals surface area contributed by atoms with E-state index in [9.17, 15) is 14.4 Å². The molecule has 0 saturated carbocycles. The van der Waals surface area contributed by atoms with Crippen LogP contribution in [0.2, 0.25) is 0 Å². The second-order valence-corrected chi connectivity index (χ2v) is 6.29. The fourth-order valence-corrected chi connectivity index (χ4v) is 1.66. The molecule has 0 fully saturated rings. The second kappa shape index (κ2) is 8.88. The lowest BCUT2D eigenvalue weighted by molar-refractivity contribution is -0.156. The zero-order valence-corrected chi connectivity index (χ0v) is 13.5. The maximum atomic E-state index is 11.7. The fraction of sp³-hybridized carbons (Fsp3) is 0.812. The minimum Gasteiger partial charge on any atom is -0.460 e. The van der Waals surface area contributed by atoms with Crippen LogP contribution in [0.5, 0.6) is 0 Å². The van der Waals surface area contributed by atoms with Crippen molar-refractivity contribution in [1.82, 2.24) is 0 Å². The van der Waals surface area contributed by atoms with Crippen LogP contribution >= 0.6 is 0 Å². The molecule has 0 saturated heterocycles. The maximum Gasteiger partial charge on any atom is 0.375 e. The van der Waals surface area contributed by atoms with Crippen molar-refractivity contribution in [3.05, 3.63) is 0 Å². The molecule has 0 heterocycles. The van der Waals surface area contributed by atoms with E-state index < -0.39 is 17.2 Å². The van der Waals surface area contributed by atoms with E-state index in [2.05, 4.69) is 6.92 Å². The Balaban J connectivity index is 4.20. The summed E-state index contributed by atoms with van der Waals surface area (Å²) in [7, 11) is 0. The third-order valence-electron chi connectivity index (χ3n) is 3.38. The number of carbonyl (C=O) groups excluding carboxylic acids is 3. The average molecular weight is 284 g/mol. The van der Waals surface area contributed by atoms with E-state index in [4.69, 9.17) is 4.74 Å². The summed E-state index contributed by atoms with van der Waals surface area (Å²) >= 11 is 0. The summed E-state index contributed by atoms with van der Waals surface area (Å²) in [6.45, 7) is 9.60. The van der Waals surface area contributed by atoms with Crippen LogP contribution in [0.1, 0.15) is 66.7 Å². The van der Waals surface area contributed by atoms with Gasteiger partial charge in [-0.3, -0.25) is 9.59 Å². The van der Waals surface area contributed by atoms with Gasteiger partial charge in [-0.2, -0.15) is 0 Å². The van der Waals surface area contributed by atoms with Crippen LogP contribution in [0.25, 0.3) is 0 Å². The van der Waals surface area contributed by atoms with E-state index in [0.717, 1.165) is 25.7 Å². The Labute approximate surface area is 122 Å². The topological polar surface area (TPSA) is 60.4 Å². The van der Waals surface area contributed by atoms with Gasteiger partial charge in [0.05, 0.1) is 13.0 Å². The fourth-order valence-electron chi connectivity index (χ4n) is 1.66. The Morgan fingerprint density at radius 1 is 1.10 bits per heavy atom. The molecule has 1 atom stereocenters. The molecule has 0 aliphatic rings. The molecule has 0 N–H and O–H groups in total. The van der Waals surface area contributed by atoms with Gasteiger partial charge in [0.1, 0.15) is 5.78 Å². The van der Waals surface area contributed by atoms with E-state index in [-0.39, 0.29) is 18.8 Å². The molecule has 20 heavy (non-hydrogen) atoms. The summed E-state index contributed by atoms with van der Waals surface area (Å²) in [6.07, 6.45) is 3.74. The second-order valence-electron chi connectivity index (χ2n) is 6.29. The maximum absolute atomic E-state index is 11.7. The monoisotopic (exact) mass is 284 g/mol. The molecule has 0 rings (SSSR count). The Morgan fingerprint density at radius 2 is 1.70 bits per heavy atom. The highest BCUT2D eigenvalue weighted by Gasteiger charge is 2.27. The smallest absolute Gasteiger partial charge is 0.375 e. The predicted molar refractivity (Wildman–Crippen MR) is 78.4 cm³/mol. The number of ketones is 2. The van der Waals surface area contributed by atoms with Gasteiger partial charge in [0.2, 0.25) is 5.78 Å². The van der Waals surface area contributed by atoms with Gasteiger partial charge in [0.15, 0.2) is 0 Å². The number of esters is 1. The minimum absolute atomic E-state index is 0.238. The number of Topliss-reactive ketones (excluding diaryl/α,β-unsaturated/α-hetero) is 2. The molecule has 0 aromatic carbocycles. The predicted octanol–water partition coefficient (Wildman–Crippen LogP) is 3.32. The van der Waals surface area contributed by atoms with E-state index in [1.54, 1.807) is 20.8 Å². The van der Waals surface area contributed by atoms with Crippen molar-refractivity contribution >= 4 is 17.5 Å². The SMILES string of the molecule is CCCCC(CC)COC(=O)C(=O)CC(=O)C(C)(C)C.